The number of fused-ring (bicyclic) bond motifs is 2. The fourth-order valence-electron chi connectivity index (χ4n) is 5.00. The van der Waals surface area contributed by atoms with Gasteiger partial charge in [0, 0.05) is 41.7 Å². The molecule has 5 rings (SSSR count). The third-order valence-electron chi connectivity index (χ3n) is 7.30. The number of amides is 2. The molecule has 1 aliphatic rings. The molecule has 228 valence electrons. The molecule has 15 heteroatoms. The average molecular weight is 601 g/mol. The highest BCUT2D eigenvalue weighted by atomic mass is 16.5. The highest BCUT2D eigenvalue weighted by Gasteiger charge is 2.35. The zero-order chi connectivity index (χ0) is 31.5. The van der Waals surface area contributed by atoms with E-state index in [0.29, 0.717) is 52.2 Å². The number of methoxy groups -OCH3 is 1. The second kappa shape index (κ2) is 12.3. The van der Waals surface area contributed by atoms with Gasteiger partial charge in [0.2, 0.25) is 5.95 Å². The number of aromatic nitrogens is 4. The predicted octanol–water partition coefficient (Wildman–Crippen LogP) is 1.00. The summed E-state index contributed by atoms with van der Waals surface area (Å²) in [6, 6.07) is 10.6. The van der Waals surface area contributed by atoms with Crippen molar-refractivity contribution in [3.8, 4) is 0 Å². The number of hydrogen-bond acceptors (Lipinski definition) is 13. The van der Waals surface area contributed by atoms with Crippen LogP contribution in [-0.2, 0) is 16.1 Å². The minimum absolute atomic E-state index is 0.0206. The van der Waals surface area contributed by atoms with E-state index in [-0.39, 0.29) is 30.6 Å². The standard InChI is InChI=1S/C29H32N10O5/c1-38(14-17-13-33-24-22(34-17)23(31)36-29(32)37-24)18-8-5-15(6-9-18)25(40)35-21(28(43)44-2)4-3-11-39-26(41)19-10-7-16(30)12-20(19)27(39)42/h5-10,12-13,21,26,41H,3-4,11,14,30H2,1-2H3,(H,35,40)(H4,31,32,33,36,37)/t21-,26?/m0/s1. The molecule has 4 aromatic rings. The Morgan fingerprint density at radius 1 is 1.11 bits per heavy atom. The van der Waals surface area contributed by atoms with Crippen molar-refractivity contribution < 1.29 is 24.2 Å². The number of benzene rings is 2. The minimum atomic E-state index is -1.11. The van der Waals surface area contributed by atoms with Crippen LogP contribution in [0.3, 0.4) is 0 Å². The van der Waals surface area contributed by atoms with Crippen LogP contribution in [0.5, 0.6) is 0 Å². The highest BCUT2D eigenvalue weighted by molar-refractivity contribution is 6.00. The number of rotatable bonds is 10. The van der Waals surface area contributed by atoms with Gasteiger partial charge in [-0.1, -0.05) is 6.07 Å². The Hall–Kier alpha value is -5.57. The van der Waals surface area contributed by atoms with Crippen LogP contribution >= 0.6 is 0 Å². The van der Waals surface area contributed by atoms with Gasteiger partial charge in [-0.05, 0) is 49.2 Å². The van der Waals surface area contributed by atoms with Crippen molar-refractivity contribution in [1.29, 1.82) is 0 Å². The molecule has 0 saturated heterocycles. The molecule has 2 atom stereocenters. The maximum Gasteiger partial charge on any atom is 0.328 e. The van der Waals surface area contributed by atoms with E-state index in [0.717, 1.165) is 5.69 Å². The molecule has 0 aliphatic carbocycles. The average Bonchev–Trinajstić information content (AvgIpc) is 3.24. The maximum absolute atomic E-state index is 13.0. The summed E-state index contributed by atoms with van der Waals surface area (Å²) in [5.74, 6) is -1.27. The van der Waals surface area contributed by atoms with Crippen LogP contribution in [0.2, 0.25) is 0 Å². The molecular weight excluding hydrogens is 568 g/mol. The lowest BCUT2D eigenvalue weighted by Crippen LogP contribution is -2.42. The Labute approximate surface area is 252 Å². The van der Waals surface area contributed by atoms with Gasteiger partial charge >= 0.3 is 5.97 Å². The molecule has 2 aromatic carbocycles. The van der Waals surface area contributed by atoms with Gasteiger partial charge in [0.25, 0.3) is 11.8 Å². The first kappa shape index (κ1) is 29.9. The van der Waals surface area contributed by atoms with Gasteiger partial charge in [0.15, 0.2) is 23.2 Å². The molecule has 0 saturated carbocycles. The number of nitrogens with zero attached hydrogens (tertiary/aromatic N) is 6. The number of nitrogens with two attached hydrogens (primary N) is 3. The third kappa shape index (κ3) is 6.12. The summed E-state index contributed by atoms with van der Waals surface area (Å²) in [5.41, 5.74) is 21.0. The highest BCUT2D eigenvalue weighted by Crippen LogP contribution is 2.33. The van der Waals surface area contributed by atoms with Crippen molar-refractivity contribution in [3.05, 3.63) is 71.0 Å². The van der Waals surface area contributed by atoms with Gasteiger partial charge in [-0.3, -0.25) is 9.59 Å². The van der Waals surface area contributed by atoms with Gasteiger partial charge < -0.3 is 42.2 Å². The molecule has 0 bridgehead atoms. The van der Waals surface area contributed by atoms with E-state index in [2.05, 4.69) is 25.3 Å². The van der Waals surface area contributed by atoms with E-state index >= 15 is 0 Å². The van der Waals surface area contributed by atoms with Gasteiger partial charge in [-0.2, -0.15) is 9.97 Å². The SMILES string of the molecule is COC(=O)[C@H](CCCN1C(=O)c2cc(N)ccc2C1O)NC(=O)c1ccc(N(C)Cc2cnc3nc(N)nc(N)c3n2)cc1. The summed E-state index contributed by atoms with van der Waals surface area (Å²) in [7, 11) is 3.09. The fraction of sp³-hybridized carbons (Fsp3) is 0.276. The van der Waals surface area contributed by atoms with Crippen molar-refractivity contribution >= 4 is 52.1 Å². The smallest absolute Gasteiger partial charge is 0.328 e. The van der Waals surface area contributed by atoms with E-state index in [1.54, 1.807) is 42.6 Å². The van der Waals surface area contributed by atoms with Crippen LogP contribution in [-0.4, -0.2) is 74.5 Å². The quantitative estimate of drug-likeness (QED) is 0.127. The summed E-state index contributed by atoms with van der Waals surface area (Å²) < 4.78 is 4.89. The number of ether oxygens (including phenoxy) is 1. The van der Waals surface area contributed by atoms with Crippen LogP contribution in [0.1, 0.15) is 51.0 Å². The van der Waals surface area contributed by atoms with Crippen LogP contribution in [0, 0.1) is 0 Å². The number of hydrogen-bond donors (Lipinski definition) is 5. The number of aliphatic hydroxyl groups is 1. The topological polar surface area (TPSA) is 229 Å². The lowest BCUT2D eigenvalue weighted by atomic mass is 10.1. The first-order valence-electron chi connectivity index (χ1n) is 13.7. The molecular formula is C29H32N10O5. The molecule has 2 amide bonds. The van der Waals surface area contributed by atoms with E-state index in [9.17, 15) is 19.5 Å². The maximum atomic E-state index is 13.0. The summed E-state index contributed by atoms with van der Waals surface area (Å²) in [6.45, 7) is 0.545. The Kier molecular flexibility index (Phi) is 8.39. The van der Waals surface area contributed by atoms with E-state index in [4.69, 9.17) is 21.9 Å². The molecule has 0 radical (unpaired) electrons. The molecule has 1 aliphatic heterocycles. The van der Waals surface area contributed by atoms with Gasteiger partial charge in [0.1, 0.15) is 6.04 Å². The summed E-state index contributed by atoms with van der Waals surface area (Å²) in [5, 5.41) is 13.3. The molecule has 3 heterocycles. The van der Waals surface area contributed by atoms with Crippen molar-refractivity contribution in [2.75, 3.05) is 42.8 Å². The zero-order valence-corrected chi connectivity index (χ0v) is 24.1. The van der Waals surface area contributed by atoms with Crippen LogP contribution in [0.4, 0.5) is 23.1 Å². The third-order valence-corrected chi connectivity index (χ3v) is 7.30. The molecule has 15 nitrogen and oxygen atoms in total. The molecule has 0 fully saturated rings. The first-order valence-corrected chi connectivity index (χ1v) is 13.7. The Bertz CT molecular complexity index is 1730. The Balaban J connectivity index is 1.18. The monoisotopic (exact) mass is 600 g/mol. The fourth-order valence-corrected chi connectivity index (χ4v) is 5.00. The molecule has 44 heavy (non-hydrogen) atoms. The largest absolute Gasteiger partial charge is 0.467 e. The van der Waals surface area contributed by atoms with E-state index in [1.165, 1.54) is 18.1 Å². The Morgan fingerprint density at radius 3 is 2.59 bits per heavy atom. The zero-order valence-electron chi connectivity index (χ0n) is 24.1. The van der Waals surface area contributed by atoms with E-state index in [1.807, 2.05) is 11.9 Å². The summed E-state index contributed by atoms with van der Waals surface area (Å²) in [6.07, 6.45) is 0.969. The lowest BCUT2D eigenvalue weighted by Gasteiger charge is -2.22. The normalized spacial score (nSPS) is 14.8. The number of nitrogens with one attached hydrogen (secondary N) is 1. The van der Waals surface area contributed by atoms with Crippen molar-refractivity contribution in [2.24, 2.45) is 0 Å². The second-order valence-electron chi connectivity index (χ2n) is 10.3. The molecule has 8 N–H and O–H groups in total. The number of carbonyl (C=O) groups excluding carboxylic acids is 3. The number of aliphatic hydroxyl groups excluding tert-OH is 1. The second-order valence-corrected chi connectivity index (χ2v) is 10.3. The van der Waals surface area contributed by atoms with Gasteiger partial charge in [0.05, 0.1) is 25.5 Å². The van der Waals surface area contributed by atoms with Crippen LogP contribution in [0.15, 0.2) is 48.7 Å². The lowest BCUT2D eigenvalue weighted by molar-refractivity contribution is -0.143. The van der Waals surface area contributed by atoms with Gasteiger partial charge in [-0.15, -0.1) is 0 Å². The summed E-state index contributed by atoms with van der Waals surface area (Å²) >= 11 is 0. The van der Waals surface area contributed by atoms with Crippen LogP contribution < -0.4 is 27.4 Å². The Morgan fingerprint density at radius 2 is 1.86 bits per heavy atom. The van der Waals surface area contributed by atoms with E-state index < -0.39 is 24.1 Å². The molecule has 1 unspecified atom stereocenters. The van der Waals surface area contributed by atoms with Crippen molar-refractivity contribution in [1.82, 2.24) is 30.2 Å². The number of nitrogen functional groups attached to an aromatic ring is 3. The van der Waals surface area contributed by atoms with Gasteiger partial charge in [-0.25, -0.2) is 14.8 Å². The molecule has 2 aromatic heterocycles. The van der Waals surface area contributed by atoms with Crippen molar-refractivity contribution in [2.45, 2.75) is 31.7 Å². The predicted molar refractivity (Wildman–Crippen MR) is 162 cm³/mol. The van der Waals surface area contributed by atoms with Crippen LogP contribution in [0.25, 0.3) is 11.2 Å². The molecule has 0 spiro atoms. The number of esters is 1. The number of anilines is 4. The number of carbonyl (C=O) groups is 3. The summed E-state index contributed by atoms with van der Waals surface area (Å²) in [4.78, 5) is 58.2. The van der Waals surface area contributed by atoms with Crippen molar-refractivity contribution in [3.63, 3.8) is 0 Å². The minimum Gasteiger partial charge on any atom is -0.467 e. The first-order chi connectivity index (χ1) is 21.0.